The van der Waals surface area contributed by atoms with Gasteiger partial charge in [0.1, 0.15) is 0 Å². The standard InChI is InChI=1S/C9H16N2O3/c10-2-1-9(12)11-7-3-13-5-8(11)6-14-4-7/h7-8H,1-6,10H2. The molecule has 0 aromatic rings. The summed E-state index contributed by atoms with van der Waals surface area (Å²) >= 11 is 0. The van der Waals surface area contributed by atoms with Crippen LogP contribution in [0.25, 0.3) is 0 Å². The SMILES string of the molecule is NCCC(=O)N1C2COCC1COC2. The lowest BCUT2D eigenvalue weighted by molar-refractivity contribution is -0.167. The quantitative estimate of drug-likeness (QED) is 0.618. The van der Waals surface area contributed by atoms with Crippen molar-refractivity contribution in [1.29, 1.82) is 0 Å². The molecule has 0 saturated carbocycles. The Morgan fingerprint density at radius 2 is 1.71 bits per heavy atom. The van der Waals surface area contributed by atoms with E-state index in [1.54, 1.807) is 0 Å². The fourth-order valence-corrected chi connectivity index (χ4v) is 2.06. The molecule has 0 atom stereocenters. The molecule has 0 spiro atoms. The van der Waals surface area contributed by atoms with Gasteiger partial charge in [0.25, 0.3) is 0 Å². The molecule has 0 radical (unpaired) electrons. The van der Waals surface area contributed by atoms with Crippen molar-refractivity contribution in [2.24, 2.45) is 5.73 Å². The Morgan fingerprint density at radius 1 is 1.21 bits per heavy atom. The van der Waals surface area contributed by atoms with Gasteiger partial charge in [-0.25, -0.2) is 0 Å². The molecule has 2 fully saturated rings. The number of nitrogens with two attached hydrogens (primary N) is 1. The minimum Gasteiger partial charge on any atom is -0.377 e. The first-order valence-corrected chi connectivity index (χ1v) is 4.99. The summed E-state index contributed by atoms with van der Waals surface area (Å²) in [5, 5.41) is 0. The molecular weight excluding hydrogens is 184 g/mol. The summed E-state index contributed by atoms with van der Waals surface area (Å²) in [6, 6.07) is 0.197. The molecular formula is C9H16N2O3. The van der Waals surface area contributed by atoms with Crippen molar-refractivity contribution >= 4 is 5.91 Å². The van der Waals surface area contributed by atoms with E-state index in [9.17, 15) is 4.79 Å². The van der Waals surface area contributed by atoms with E-state index in [1.807, 2.05) is 4.90 Å². The number of ether oxygens (including phenoxy) is 2. The van der Waals surface area contributed by atoms with Gasteiger partial charge in [-0.2, -0.15) is 0 Å². The predicted molar refractivity (Wildman–Crippen MR) is 49.7 cm³/mol. The Labute approximate surface area is 83.1 Å². The summed E-state index contributed by atoms with van der Waals surface area (Å²) in [6.07, 6.45) is 0.424. The Kier molecular flexibility index (Phi) is 3.00. The summed E-state index contributed by atoms with van der Waals surface area (Å²) in [6.45, 7) is 2.77. The second-order valence-electron chi connectivity index (χ2n) is 3.72. The number of fused-ring (bicyclic) bond motifs is 2. The van der Waals surface area contributed by atoms with E-state index in [2.05, 4.69) is 0 Å². The number of nitrogens with zero attached hydrogens (tertiary/aromatic N) is 1. The maximum Gasteiger partial charge on any atom is 0.224 e. The molecule has 5 heteroatoms. The number of carbonyl (C=O) groups is 1. The third-order valence-electron chi connectivity index (χ3n) is 2.67. The van der Waals surface area contributed by atoms with E-state index in [0.29, 0.717) is 39.4 Å². The zero-order valence-electron chi connectivity index (χ0n) is 8.15. The van der Waals surface area contributed by atoms with Gasteiger partial charge in [0.05, 0.1) is 38.5 Å². The van der Waals surface area contributed by atoms with E-state index in [0.717, 1.165) is 0 Å². The number of rotatable bonds is 2. The van der Waals surface area contributed by atoms with E-state index in [4.69, 9.17) is 15.2 Å². The summed E-state index contributed by atoms with van der Waals surface area (Å²) in [7, 11) is 0. The lowest BCUT2D eigenvalue weighted by Crippen LogP contribution is -2.61. The van der Waals surface area contributed by atoms with Gasteiger partial charge in [-0.05, 0) is 0 Å². The highest BCUT2D eigenvalue weighted by Crippen LogP contribution is 2.19. The fraction of sp³-hybridized carbons (Fsp3) is 0.889. The van der Waals surface area contributed by atoms with Crippen LogP contribution >= 0.6 is 0 Å². The average Bonchev–Trinajstić information content (AvgIpc) is 2.17. The molecule has 2 rings (SSSR count). The minimum atomic E-state index is 0.0987. The monoisotopic (exact) mass is 200 g/mol. The zero-order chi connectivity index (χ0) is 9.97. The normalized spacial score (nSPS) is 31.6. The van der Waals surface area contributed by atoms with Crippen LogP contribution in [0, 0.1) is 0 Å². The molecule has 5 nitrogen and oxygen atoms in total. The summed E-state index contributed by atoms with van der Waals surface area (Å²) < 4.78 is 10.8. The van der Waals surface area contributed by atoms with Crippen LogP contribution in [0.15, 0.2) is 0 Å². The fourth-order valence-electron chi connectivity index (χ4n) is 2.06. The molecule has 2 N–H and O–H groups in total. The molecule has 0 unspecified atom stereocenters. The van der Waals surface area contributed by atoms with Crippen LogP contribution in [0.2, 0.25) is 0 Å². The van der Waals surface area contributed by atoms with Crippen LogP contribution in [0.1, 0.15) is 6.42 Å². The van der Waals surface area contributed by atoms with Crippen LogP contribution in [-0.2, 0) is 14.3 Å². The minimum absolute atomic E-state index is 0.0987. The van der Waals surface area contributed by atoms with Crippen LogP contribution in [-0.4, -0.2) is 55.9 Å². The molecule has 2 aliphatic rings. The number of morpholine rings is 2. The Balaban J connectivity index is 2.04. The summed E-state index contributed by atoms with van der Waals surface area (Å²) in [5.41, 5.74) is 5.38. The molecule has 2 heterocycles. The summed E-state index contributed by atoms with van der Waals surface area (Å²) in [4.78, 5) is 13.6. The lowest BCUT2D eigenvalue weighted by atomic mass is 10.1. The number of hydrogen-bond acceptors (Lipinski definition) is 4. The van der Waals surface area contributed by atoms with Gasteiger partial charge in [0, 0.05) is 13.0 Å². The van der Waals surface area contributed by atoms with Crippen LogP contribution in [0.3, 0.4) is 0 Å². The molecule has 14 heavy (non-hydrogen) atoms. The molecule has 0 aromatic heterocycles. The molecule has 2 bridgehead atoms. The van der Waals surface area contributed by atoms with Gasteiger partial charge in [0.2, 0.25) is 5.91 Å². The lowest BCUT2D eigenvalue weighted by Gasteiger charge is -2.45. The predicted octanol–water partition coefficient (Wildman–Crippen LogP) is -1.04. The maximum atomic E-state index is 11.7. The second-order valence-corrected chi connectivity index (χ2v) is 3.72. The van der Waals surface area contributed by atoms with Gasteiger partial charge in [-0.3, -0.25) is 4.79 Å². The zero-order valence-corrected chi connectivity index (χ0v) is 8.15. The molecule has 80 valence electrons. The van der Waals surface area contributed by atoms with E-state index < -0.39 is 0 Å². The van der Waals surface area contributed by atoms with Crippen LogP contribution in [0.4, 0.5) is 0 Å². The molecule has 2 saturated heterocycles. The highest BCUT2D eigenvalue weighted by atomic mass is 16.5. The number of carbonyl (C=O) groups excluding carboxylic acids is 1. The Morgan fingerprint density at radius 3 is 2.14 bits per heavy atom. The smallest absolute Gasteiger partial charge is 0.224 e. The average molecular weight is 200 g/mol. The third-order valence-corrected chi connectivity index (χ3v) is 2.67. The first-order valence-electron chi connectivity index (χ1n) is 4.99. The third kappa shape index (κ3) is 1.75. The van der Waals surface area contributed by atoms with Gasteiger partial charge >= 0.3 is 0 Å². The summed E-state index contributed by atoms with van der Waals surface area (Å²) in [5.74, 6) is 0.133. The van der Waals surface area contributed by atoms with Crippen molar-refractivity contribution in [1.82, 2.24) is 4.90 Å². The van der Waals surface area contributed by atoms with Crippen molar-refractivity contribution in [3.05, 3.63) is 0 Å². The van der Waals surface area contributed by atoms with E-state index in [1.165, 1.54) is 0 Å². The van der Waals surface area contributed by atoms with Gasteiger partial charge in [-0.15, -0.1) is 0 Å². The molecule has 0 aliphatic carbocycles. The highest BCUT2D eigenvalue weighted by molar-refractivity contribution is 5.77. The van der Waals surface area contributed by atoms with Crippen LogP contribution in [0.5, 0.6) is 0 Å². The molecule has 0 aromatic carbocycles. The molecule has 1 amide bonds. The van der Waals surface area contributed by atoms with E-state index in [-0.39, 0.29) is 18.0 Å². The second kappa shape index (κ2) is 4.25. The topological polar surface area (TPSA) is 64.8 Å². The van der Waals surface area contributed by atoms with Crippen molar-refractivity contribution < 1.29 is 14.3 Å². The number of amides is 1. The maximum absolute atomic E-state index is 11.7. The van der Waals surface area contributed by atoms with Crippen LogP contribution < -0.4 is 5.73 Å². The first kappa shape index (κ1) is 9.89. The van der Waals surface area contributed by atoms with Crippen molar-refractivity contribution in [2.45, 2.75) is 18.5 Å². The van der Waals surface area contributed by atoms with Gasteiger partial charge in [0.15, 0.2) is 0 Å². The number of hydrogen-bond donors (Lipinski definition) is 1. The van der Waals surface area contributed by atoms with E-state index >= 15 is 0 Å². The highest BCUT2D eigenvalue weighted by Gasteiger charge is 2.37. The molecule has 2 aliphatic heterocycles. The van der Waals surface area contributed by atoms with Gasteiger partial charge < -0.3 is 20.1 Å². The Bertz CT molecular complexity index is 200. The van der Waals surface area contributed by atoms with Crippen molar-refractivity contribution in [3.63, 3.8) is 0 Å². The van der Waals surface area contributed by atoms with Gasteiger partial charge in [-0.1, -0.05) is 0 Å². The van der Waals surface area contributed by atoms with Crippen molar-refractivity contribution in [3.8, 4) is 0 Å². The largest absolute Gasteiger partial charge is 0.377 e. The van der Waals surface area contributed by atoms with Crippen molar-refractivity contribution in [2.75, 3.05) is 33.0 Å². The first-order chi connectivity index (χ1) is 6.83. The Hall–Kier alpha value is -0.650.